The second-order valence-electron chi connectivity index (χ2n) is 7.76. The lowest BCUT2D eigenvalue weighted by Gasteiger charge is -2.33. The van der Waals surface area contributed by atoms with E-state index in [1.54, 1.807) is 28.0 Å². The molecule has 1 aliphatic carbocycles. The standard InChI is InChI=1S/C25H23N3O2S2/c1-31-17-8-4-7-16(15-17)26-25(30)28-20-11-3-2-9-18(20)27-19-10-5-12-21(29)23(19)24(28)22-13-6-14-32-22/h2-4,6-9,11,13-15,24,27H,5,10,12H2,1H3,(H,26,30)/t24-/m0/s1. The highest BCUT2D eigenvalue weighted by Gasteiger charge is 2.40. The van der Waals surface area contributed by atoms with Gasteiger partial charge >= 0.3 is 6.03 Å². The van der Waals surface area contributed by atoms with Crippen LogP contribution in [-0.4, -0.2) is 18.1 Å². The minimum Gasteiger partial charge on any atom is -0.357 e. The highest BCUT2D eigenvalue weighted by molar-refractivity contribution is 7.98. The van der Waals surface area contributed by atoms with Crippen LogP contribution in [0.1, 0.15) is 30.2 Å². The summed E-state index contributed by atoms with van der Waals surface area (Å²) >= 11 is 3.19. The van der Waals surface area contributed by atoms with Gasteiger partial charge in [-0.05, 0) is 60.9 Å². The molecule has 1 aromatic heterocycles. The Hall–Kier alpha value is -3.03. The van der Waals surface area contributed by atoms with E-state index in [1.807, 2.05) is 72.3 Å². The van der Waals surface area contributed by atoms with Crippen molar-refractivity contribution < 1.29 is 9.59 Å². The second-order valence-corrected chi connectivity index (χ2v) is 9.62. The maximum Gasteiger partial charge on any atom is 0.327 e. The van der Waals surface area contributed by atoms with Gasteiger partial charge in [0.1, 0.15) is 6.04 Å². The van der Waals surface area contributed by atoms with E-state index in [9.17, 15) is 9.59 Å². The molecule has 5 nitrogen and oxygen atoms in total. The molecule has 2 amide bonds. The molecule has 7 heteroatoms. The fourth-order valence-corrected chi connectivity index (χ4v) is 5.64. The molecule has 0 fully saturated rings. The van der Waals surface area contributed by atoms with Crippen molar-refractivity contribution >= 4 is 52.0 Å². The first-order chi connectivity index (χ1) is 15.7. The van der Waals surface area contributed by atoms with Crippen LogP contribution in [0, 0.1) is 0 Å². The number of carbonyl (C=O) groups excluding carboxylic acids is 2. The number of ketones is 1. The van der Waals surface area contributed by atoms with E-state index in [4.69, 9.17) is 0 Å². The van der Waals surface area contributed by atoms with E-state index in [-0.39, 0.29) is 11.8 Å². The molecule has 2 heterocycles. The van der Waals surface area contributed by atoms with Crippen LogP contribution in [0.25, 0.3) is 0 Å². The lowest BCUT2D eigenvalue weighted by Crippen LogP contribution is -2.40. The van der Waals surface area contributed by atoms with Gasteiger partial charge in [0.25, 0.3) is 0 Å². The average Bonchev–Trinajstić information content (AvgIpc) is 3.28. The van der Waals surface area contributed by atoms with E-state index in [0.717, 1.165) is 45.4 Å². The summed E-state index contributed by atoms with van der Waals surface area (Å²) in [5, 5.41) is 8.55. The number of rotatable bonds is 3. The van der Waals surface area contributed by atoms with E-state index in [1.165, 1.54) is 0 Å². The van der Waals surface area contributed by atoms with Crippen LogP contribution in [0.15, 0.2) is 82.2 Å². The highest BCUT2D eigenvalue weighted by Crippen LogP contribution is 2.46. The van der Waals surface area contributed by atoms with Crippen LogP contribution >= 0.6 is 23.1 Å². The van der Waals surface area contributed by atoms with Gasteiger partial charge in [-0.2, -0.15) is 0 Å². The third-order valence-corrected chi connectivity index (χ3v) is 7.44. The van der Waals surface area contributed by atoms with E-state index in [2.05, 4.69) is 10.6 Å². The Morgan fingerprint density at radius 1 is 1.12 bits per heavy atom. The van der Waals surface area contributed by atoms with Crippen LogP contribution in [0.4, 0.5) is 21.9 Å². The fraction of sp³-hybridized carbons (Fsp3) is 0.200. The Balaban J connectivity index is 1.65. The fourth-order valence-electron chi connectivity index (χ4n) is 4.36. The van der Waals surface area contributed by atoms with Crippen molar-refractivity contribution in [2.75, 3.05) is 21.8 Å². The number of benzene rings is 2. The summed E-state index contributed by atoms with van der Waals surface area (Å²) in [6.45, 7) is 0. The summed E-state index contributed by atoms with van der Waals surface area (Å²) in [5.74, 6) is 0.104. The van der Waals surface area contributed by atoms with E-state index >= 15 is 0 Å². The minimum atomic E-state index is -0.474. The number of hydrogen-bond donors (Lipinski definition) is 2. The molecule has 1 aliphatic heterocycles. The van der Waals surface area contributed by atoms with Gasteiger partial charge in [-0.3, -0.25) is 9.69 Å². The van der Waals surface area contributed by atoms with E-state index in [0.29, 0.717) is 12.0 Å². The van der Waals surface area contributed by atoms with Crippen molar-refractivity contribution in [3.8, 4) is 0 Å². The summed E-state index contributed by atoms with van der Waals surface area (Å²) in [5.41, 5.74) is 3.94. The number of amides is 2. The smallest absolute Gasteiger partial charge is 0.327 e. The number of hydrogen-bond acceptors (Lipinski definition) is 5. The number of thioether (sulfide) groups is 1. The molecule has 3 aromatic rings. The zero-order valence-corrected chi connectivity index (χ0v) is 19.3. The van der Waals surface area contributed by atoms with Crippen molar-refractivity contribution in [2.24, 2.45) is 0 Å². The van der Waals surface area contributed by atoms with E-state index < -0.39 is 6.04 Å². The summed E-state index contributed by atoms with van der Waals surface area (Å²) in [6.07, 6.45) is 4.12. The third-order valence-electron chi connectivity index (χ3n) is 5.79. The molecule has 32 heavy (non-hydrogen) atoms. The largest absolute Gasteiger partial charge is 0.357 e. The van der Waals surface area contributed by atoms with Crippen LogP contribution in [0.3, 0.4) is 0 Å². The lowest BCUT2D eigenvalue weighted by molar-refractivity contribution is -0.116. The zero-order valence-electron chi connectivity index (χ0n) is 17.6. The summed E-state index contributed by atoms with van der Waals surface area (Å²) < 4.78 is 0. The van der Waals surface area contributed by atoms with Crippen molar-refractivity contribution in [3.05, 3.63) is 82.2 Å². The Kier molecular flexibility index (Phi) is 5.76. The molecule has 5 rings (SSSR count). The molecule has 0 saturated heterocycles. The van der Waals surface area contributed by atoms with Crippen LogP contribution in [0.2, 0.25) is 0 Å². The first-order valence-electron chi connectivity index (χ1n) is 10.6. The van der Waals surface area contributed by atoms with Gasteiger partial charge in [-0.1, -0.05) is 24.3 Å². The lowest BCUT2D eigenvalue weighted by atomic mass is 9.88. The number of anilines is 3. The molecule has 1 atom stereocenters. The summed E-state index contributed by atoms with van der Waals surface area (Å²) in [7, 11) is 0. The average molecular weight is 462 g/mol. The van der Waals surface area contributed by atoms with Crippen LogP contribution < -0.4 is 15.5 Å². The maximum atomic E-state index is 13.8. The van der Waals surface area contributed by atoms with Gasteiger partial charge in [0.15, 0.2) is 5.78 Å². The number of carbonyl (C=O) groups is 2. The predicted octanol–water partition coefficient (Wildman–Crippen LogP) is 6.68. The van der Waals surface area contributed by atoms with Gasteiger partial charge in [0, 0.05) is 33.2 Å². The van der Waals surface area contributed by atoms with Gasteiger partial charge in [0.05, 0.1) is 11.4 Å². The number of nitrogens with zero attached hydrogens (tertiary/aromatic N) is 1. The first-order valence-corrected chi connectivity index (χ1v) is 12.7. The number of para-hydroxylation sites is 2. The predicted molar refractivity (Wildman–Crippen MR) is 133 cm³/mol. The van der Waals surface area contributed by atoms with Gasteiger partial charge in [-0.25, -0.2) is 4.79 Å². The Bertz CT molecular complexity index is 1200. The highest BCUT2D eigenvalue weighted by atomic mass is 32.2. The molecule has 0 spiro atoms. The molecule has 2 N–H and O–H groups in total. The molecule has 2 aromatic carbocycles. The van der Waals surface area contributed by atoms with Crippen molar-refractivity contribution in [1.82, 2.24) is 0 Å². The molecule has 0 unspecified atom stereocenters. The number of fused-ring (bicyclic) bond motifs is 1. The van der Waals surface area contributed by atoms with Gasteiger partial charge in [0.2, 0.25) is 0 Å². The van der Waals surface area contributed by atoms with Crippen LogP contribution in [0.5, 0.6) is 0 Å². The molecule has 0 saturated carbocycles. The Morgan fingerprint density at radius 2 is 2.00 bits per heavy atom. The zero-order chi connectivity index (χ0) is 22.1. The third kappa shape index (κ3) is 3.82. The number of nitrogens with one attached hydrogen (secondary N) is 2. The molecule has 0 bridgehead atoms. The normalized spacial score (nSPS) is 17.8. The first kappa shape index (κ1) is 20.8. The Labute approximate surface area is 195 Å². The number of allylic oxidation sites excluding steroid dienone is 1. The summed E-state index contributed by atoms with van der Waals surface area (Å²) in [4.78, 5) is 30.8. The number of thiophene rings is 1. The van der Waals surface area contributed by atoms with Crippen molar-refractivity contribution in [2.45, 2.75) is 30.2 Å². The Morgan fingerprint density at radius 3 is 2.81 bits per heavy atom. The molecule has 162 valence electrons. The molecular formula is C25H23N3O2S2. The molecule has 2 aliphatic rings. The topological polar surface area (TPSA) is 61.4 Å². The van der Waals surface area contributed by atoms with Gasteiger partial charge < -0.3 is 10.6 Å². The molecule has 0 radical (unpaired) electrons. The number of urea groups is 1. The minimum absolute atomic E-state index is 0.104. The van der Waals surface area contributed by atoms with Crippen molar-refractivity contribution in [1.29, 1.82) is 0 Å². The van der Waals surface area contributed by atoms with Gasteiger partial charge in [-0.15, -0.1) is 23.1 Å². The SMILES string of the molecule is CSc1cccc(NC(=O)N2c3ccccc3NC3=C(C(=O)CCC3)[C@@H]2c2cccs2)c1. The quantitative estimate of drug-likeness (QED) is 0.427. The number of Topliss-reactive ketones (excluding diaryl/α,β-unsaturated/α-hetero) is 1. The second kappa shape index (κ2) is 8.84. The van der Waals surface area contributed by atoms with Crippen LogP contribution in [-0.2, 0) is 4.79 Å². The molecular weight excluding hydrogens is 438 g/mol. The summed E-state index contributed by atoms with van der Waals surface area (Å²) in [6, 6.07) is 18.8. The van der Waals surface area contributed by atoms with Crippen molar-refractivity contribution in [3.63, 3.8) is 0 Å². The monoisotopic (exact) mass is 461 g/mol. The maximum absolute atomic E-state index is 13.8.